The lowest BCUT2D eigenvalue weighted by atomic mass is 10.1. The molecule has 2 aromatic carbocycles. The predicted octanol–water partition coefficient (Wildman–Crippen LogP) is 5.47. The van der Waals surface area contributed by atoms with E-state index in [0.29, 0.717) is 17.5 Å². The molecule has 0 aliphatic heterocycles. The lowest BCUT2D eigenvalue weighted by Gasteiger charge is -2.03. The molecule has 0 saturated heterocycles. The van der Waals surface area contributed by atoms with Gasteiger partial charge < -0.3 is 9.15 Å². The van der Waals surface area contributed by atoms with Crippen LogP contribution in [0.5, 0.6) is 5.75 Å². The molecule has 0 bridgehead atoms. The van der Waals surface area contributed by atoms with Crippen LogP contribution in [0.15, 0.2) is 62.6 Å². The Balaban J connectivity index is 1.39. The lowest BCUT2D eigenvalue weighted by Crippen LogP contribution is -1.99. The molecule has 0 aliphatic carbocycles. The summed E-state index contributed by atoms with van der Waals surface area (Å²) in [6, 6.07) is 15.2. The fraction of sp³-hybridized carbons (Fsp3) is 0.250. The number of hydrogen-bond acceptors (Lipinski definition) is 6. The van der Waals surface area contributed by atoms with Gasteiger partial charge in [-0.1, -0.05) is 52.0 Å². The van der Waals surface area contributed by atoms with E-state index in [1.54, 1.807) is 0 Å². The van der Waals surface area contributed by atoms with Crippen molar-refractivity contribution in [1.29, 1.82) is 0 Å². The Hall–Kier alpha value is -2.12. The summed E-state index contributed by atoms with van der Waals surface area (Å²) in [5, 5.41) is 8.49. The van der Waals surface area contributed by atoms with Gasteiger partial charge in [-0.3, -0.25) is 4.79 Å². The molecule has 0 unspecified atom stereocenters. The molecule has 0 radical (unpaired) electrons. The van der Waals surface area contributed by atoms with Crippen molar-refractivity contribution in [3.05, 3.63) is 70.0 Å². The first-order valence-electron chi connectivity index (χ1n) is 8.53. The van der Waals surface area contributed by atoms with Crippen LogP contribution < -0.4 is 4.74 Å². The third kappa shape index (κ3) is 6.22. The topological polar surface area (TPSA) is 65.2 Å². The summed E-state index contributed by atoms with van der Waals surface area (Å²) in [5.74, 6) is 2.09. The summed E-state index contributed by atoms with van der Waals surface area (Å²) in [6.45, 7) is 2.24. The Morgan fingerprint density at radius 2 is 2.00 bits per heavy atom. The third-order valence-electron chi connectivity index (χ3n) is 3.74. The number of aryl methyl sites for hydroxylation is 1. The molecule has 140 valence electrons. The molecule has 3 aromatic rings. The molecule has 0 N–H and O–H groups in total. The van der Waals surface area contributed by atoms with E-state index < -0.39 is 0 Å². The standard InChI is InChI=1S/C20H19BrN2O3S/c1-14-4-2-5-17(12-14)25-13-19-22-23-20(26-19)27-11-3-6-18(24)15-7-9-16(21)10-8-15/h2,4-5,7-10,12H,3,6,11,13H2,1H3. The molecule has 0 amide bonds. The van der Waals surface area contributed by atoms with Crippen LogP contribution in [0.3, 0.4) is 0 Å². The molecular weight excluding hydrogens is 428 g/mol. The summed E-state index contributed by atoms with van der Waals surface area (Å²) >= 11 is 4.82. The largest absolute Gasteiger partial charge is 0.484 e. The third-order valence-corrected chi connectivity index (χ3v) is 5.17. The Morgan fingerprint density at radius 1 is 1.19 bits per heavy atom. The van der Waals surface area contributed by atoms with Crippen LogP contribution in [-0.4, -0.2) is 21.7 Å². The van der Waals surface area contributed by atoms with Crippen LogP contribution in [0.25, 0.3) is 0 Å². The number of carbonyl (C=O) groups excluding carboxylic acids is 1. The van der Waals surface area contributed by atoms with Gasteiger partial charge in [0.05, 0.1) is 0 Å². The van der Waals surface area contributed by atoms with E-state index in [-0.39, 0.29) is 12.4 Å². The number of aromatic nitrogens is 2. The zero-order valence-corrected chi connectivity index (χ0v) is 17.3. The van der Waals surface area contributed by atoms with Gasteiger partial charge in [0.15, 0.2) is 12.4 Å². The van der Waals surface area contributed by atoms with Gasteiger partial charge in [0.2, 0.25) is 0 Å². The van der Waals surface area contributed by atoms with Crippen molar-refractivity contribution in [3.63, 3.8) is 0 Å². The van der Waals surface area contributed by atoms with Crippen molar-refractivity contribution in [2.24, 2.45) is 0 Å². The van der Waals surface area contributed by atoms with Crippen LogP contribution >= 0.6 is 27.7 Å². The number of benzene rings is 2. The Bertz CT molecular complexity index is 896. The van der Waals surface area contributed by atoms with Crippen LogP contribution in [0.4, 0.5) is 0 Å². The number of nitrogens with zero attached hydrogens (tertiary/aromatic N) is 2. The molecule has 0 atom stereocenters. The van der Waals surface area contributed by atoms with Crippen molar-refractivity contribution < 1.29 is 13.9 Å². The second-order valence-corrected chi connectivity index (χ2v) is 7.91. The monoisotopic (exact) mass is 446 g/mol. The number of rotatable bonds is 9. The zero-order valence-electron chi connectivity index (χ0n) is 14.9. The number of carbonyl (C=O) groups is 1. The fourth-order valence-electron chi connectivity index (χ4n) is 2.38. The number of hydrogen-bond donors (Lipinski definition) is 0. The highest BCUT2D eigenvalue weighted by molar-refractivity contribution is 9.10. The average molecular weight is 447 g/mol. The van der Waals surface area contributed by atoms with Crippen molar-refractivity contribution >= 4 is 33.5 Å². The fourth-order valence-corrected chi connectivity index (χ4v) is 3.36. The van der Waals surface area contributed by atoms with Gasteiger partial charge in [0, 0.05) is 22.2 Å². The first-order chi connectivity index (χ1) is 13.1. The molecule has 0 saturated carbocycles. The highest BCUT2D eigenvalue weighted by atomic mass is 79.9. The van der Waals surface area contributed by atoms with Crippen molar-refractivity contribution in [1.82, 2.24) is 10.2 Å². The van der Waals surface area contributed by atoms with E-state index in [1.165, 1.54) is 11.8 Å². The summed E-state index contributed by atoms with van der Waals surface area (Å²) in [7, 11) is 0. The quantitative estimate of drug-likeness (QED) is 0.246. The lowest BCUT2D eigenvalue weighted by molar-refractivity contribution is 0.0982. The molecule has 1 aromatic heterocycles. The minimum Gasteiger partial charge on any atom is -0.484 e. The smallest absolute Gasteiger partial charge is 0.276 e. The first kappa shape index (κ1) is 19.6. The van der Waals surface area contributed by atoms with Crippen LogP contribution in [0, 0.1) is 6.92 Å². The van der Waals surface area contributed by atoms with E-state index in [1.807, 2.05) is 55.5 Å². The average Bonchev–Trinajstić information content (AvgIpc) is 3.12. The molecule has 0 spiro atoms. The molecule has 27 heavy (non-hydrogen) atoms. The highest BCUT2D eigenvalue weighted by Crippen LogP contribution is 2.20. The summed E-state index contributed by atoms with van der Waals surface area (Å²) in [4.78, 5) is 12.1. The molecular formula is C20H19BrN2O3S. The van der Waals surface area contributed by atoms with E-state index in [4.69, 9.17) is 9.15 Å². The van der Waals surface area contributed by atoms with Gasteiger partial charge in [-0.05, 0) is 43.2 Å². The predicted molar refractivity (Wildman–Crippen MR) is 108 cm³/mol. The Morgan fingerprint density at radius 3 is 2.78 bits per heavy atom. The minimum absolute atomic E-state index is 0.140. The number of ether oxygens (including phenoxy) is 1. The van der Waals surface area contributed by atoms with Crippen LogP contribution in [0.1, 0.15) is 34.7 Å². The SMILES string of the molecule is Cc1cccc(OCc2nnc(SCCCC(=O)c3ccc(Br)cc3)o2)c1. The summed E-state index contributed by atoms with van der Waals surface area (Å²) < 4.78 is 12.2. The summed E-state index contributed by atoms with van der Waals surface area (Å²) in [6.07, 6.45) is 1.24. The molecule has 0 aliphatic rings. The van der Waals surface area contributed by atoms with Gasteiger partial charge in [-0.25, -0.2) is 0 Å². The zero-order chi connectivity index (χ0) is 19.1. The van der Waals surface area contributed by atoms with E-state index in [9.17, 15) is 4.79 Å². The Kier molecular flexibility index (Phi) is 7.06. The van der Waals surface area contributed by atoms with Gasteiger partial charge >= 0.3 is 0 Å². The molecule has 7 heteroatoms. The normalized spacial score (nSPS) is 10.7. The number of halogens is 1. The van der Waals surface area contributed by atoms with E-state index >= 15 is 0 Å². The van der Waals surface area contributed by atoms with Crippen molar-refractivity contribution in [2.45, 2.75) is 31.6 Å². The number of Topliss-reactive ketones (excluding diaryl/α,β-unsaturated/α-hetero) is 1. The molecule has 3 rings (SSSR count). The highest BCUT2D eigenvalue weighted by Gasteiger charge is 2.09. The van der Waals surface area contributed by atoms with Gasteiger partial charge in [0.1, 0.15) is 5.75 Å². The van der Waals surface area contributed by atoms with Gasteiger partial charge in [0.25, 0.3) is 11.1 Å². The second kappa shape index (κ2) is 9.71. The van der Waals surface area contributed by atoms with Gasteiger partial charge in [-0.2, -0.15) is 0 Å². The van der Waals surface area contributed by atoms with Crippen LogP contribution in [0.2, 0.25) is 0 Å². The second-order valence-electron chi connectivity index (χ2n) is 5.95. The molecule has 0 fully saturated rings. The maximum atomic E-state index is 12.1. The maximum absolute atomic E-state index is 12.1. The Labute approximate surface area is 170 Å². The van der Waals surface area contributed by atoms with Gasteiger partial charge in [-0.15, -0.1) is 10.2 Å². The van der Waals surface area contributed by atoms with Crippen molar-refractivity contribution in [2.75, 3.05) is 5.75 Å². The van der Waals surface area contributed by atoms with E-state index in [2.05, 4.69) is 26.1 Å². The number of thioether (sulfide) groups is 1. The minimum atomic E-state index is 0.140. The number of ketones is 1. The molecule has 1 heterocycles. The maximum Gasteiger partial charge on any atom is 0.276 e. The first-order valence-corrected chi connectivity index (χ1v) is 10.3. The van der Waals surface area contributed by atoms with Crippen LogP contribution in [-0.2, 0) is 6.61 Å². The van der Waals surface area contributed by atoms with Crippen molar-refractivity contribution in [3.8, 4) is 5.75 Å². The van der Waals surface area contributed by atoms with E-state index in [0.717, 1.165) is 33.5 Å². The summed E-state index contributed by atoms with van der Waals surface area (Å²) in [5.41, 5.74) is 1.86. The molecule has 5 nitrogen and oxygen atoms in total.